The van der Waals surface area contributed by atoms with E-state index in [0.717, 1.165) is 32.1 Å². The van der Waals surface area contributed by atoms with E-state index >= 15 is 4.39 Å². The van der Waals surface area contributed by atoms with Gasteiger partial charge in [0.15, 0.2) is 17.4 Å². The summed E-state index contributed by atoms with van der Waals surface area (Å²) in [5.41, 5.74) is 0.989. The number of benzene rings is 2. The maximum atomic E-state index is 16.4. The van der Waals surface area contributed by atoms with Crippen LogP contribution in [0, 0.1) is 22.6 Å². The number of hydrogen-bond donors (Lipinski definition) is 3. The molecule has 1 atom stereocenters. The summed E-state index contributed by atoms with van der Waals surface area (Å²) >= 11 is 0. The van der Waals surface area contributed by atoms with Crippen LogP contribution in [0.5, 0.6) is 17.5 Å². The fourth-order valence-electron chi connectivity index (χ4n) is 5.78. The second-order valence-corrected chi connectivity index (χ2v) is 14.0. The predicted molar refractivity (Wildman–Crippen MR) is 193 cm³/mol. The monoisotopic (exact) mass is 747 g/mol. The molecule has 0 spiro atoms. The first-order chi connectivity index (χ1) is 26.0. The molecule has 15 nitrogen and oxygen atoms in total. The Morgan fingerprint density at radius 2 is 1.78 bits per heavy atom. The van der Waals surface area contributed by atoms with Crippen LogP contribution >= 0.6 is 0 Å². The van der Waals surface area contributed by atoms with Crippen molar-refractivity contribution >= 4 is 17.9 Å². The number of aliphatic hydroxyl groups excluding tert-OH is 1. The molecule has 0 radical (unpaired) electrons. The molecule has 288 valence electrons. The Labute approximate surface area is 312 Å². The maximum Gasteiger partial charge on any atom is 0.412 e. The molecule has 5 rings (SSSR count). The lowest BCUT2D eigenvalue weighted by molar-refractivity contribution is -0.156. The number of amidine groups is 1. The van der Waals surface area contributed by atoms with E-state index in [1.54, 1.807) is 30.3 Å². The van der Waals surface area contributed by atoms with Gasteiger partial charge >= 0.3 is 18.1 Å². The fraction of sp³-hybridized carbons (Fsp3) is 0.447. The molecule has 1 saturated carbocycles. The maximum absolute atomic E-state index is 16.4. The largest absolute Gasteiger partial charge is 0.497 e. The van der Waals surface area contributed by atoms with Crippen LogP contribution < -0.4 is 19.5 Å². The lowest BCUT2D eigenvalue weighted by Gasteiger charge is -2.19. The van der Waals surface area contributed by atoms with E-state index in [1.807, 2.05) is 20.8 Å². The van der Waals surface area contributed by atoms with Gasteiger partial charge in [0.05, 0.1) is 32.2 Å². The summed E-state index contributed by atoms with van der Waals surface area (Å²) in [5.74, 6) is -1.96. The number of hydrogen-bond acceptors (Lipinski definition) is 13. The molecule has 2 aromatic heterocycles. The minimum Gasteiger partial charge on any atom is -0.497 e. The first-order valence-electron chi connectivity index (χ1n) is 17.7. The summed E-state index contributed by atoms with van der Waals surface area (Å²) in [6.45, 7) is 5.02. The van der Waals surface area contributed by atoms with E-state index in [0.29, 0.717) is 11.1 Å². The van der Waals surface area contributed by atoms with Gasteiger partial charge in [0.25, 0.3) is 5.95 Å². The Hall–Kier alpha value is -5.64. The molecule has 2 aromatic carbocycles. The summed E-state index contributed by atoms with van der Waals surface area (Å²) in [7, 11) is 1.43. The van der Waals surface area contributed by atoms with Gasteiger partial charge in [0.1, 0.15) is 18.2 Å². The van der Waals surface area contributed by atoms with Crippen LogP contribution in [0.4, 0.5) is 9.18 Å². The number of aromatic nitrogens is 5. The number of nitrogens with zero attached hydrogens (tertiary/aromatic N) is 5. The second-order valence-electron chi connectivity index (χ2n) is 14.0. The number of alkyl carbamates (subject to hydrolysis) is 1. The van der Waals surface area contributed by atoms with Gasteiger partial charge in [0.2, 0.25) is 6.79 Å². The first-order valence-corrected chi connectivity index (χ1v) is 17.7. The van der Waals surface area contributed by atoms with Crippen LogP contribution in [-0.2, 0) is 20.7 Å². The third-order valence-corrected chi connectivity index (χ3v) is 8.52. The van der Waals surface area contributed by atoms with Crippen molar-refractivity contribution in [1.82, 2.24) is 30.0 Å². The number of halogens is 1. The number of carbonyl (C=O) groups excluding carboxylic acids is 2. The molecular formula is C38H46FN7O8. The van der Waals surface area contributed by atoms with Crippen molar-refractivity contribution in [2.45, 2.75) is 65.2 Å². The van der Waals surface area contributed by atoms with Crippen LogP contribution in [0.15, 0.2) is 54.9 Å². The summed E-state index contributed by atoms with van der Waals surface area (Å²) in [4.78, 5) is 38.2. The zero-order chi connectivity index (χ0) is 38.7. The average molecular weight is 748 g/mol. The van der Waals surface area contributed by atoms with Crippen molar-refractivity contribution in [2.24, 2.45) is 11.3 Å². The number of amides is 1. The van der Waals surface area contributed by atoms with E-state index in [2.05, 4.69) is 25.4 Å². The number of nitrogens with one attached hydrogen (secondary N) is 2. The number of rotatable bonds is 15. The molecule has 54 heavy (non-hydrogen) atoms. The third-order valence-electron chi connectivity index (χ3n) is 8.52. The van der Waals surface area contributed by atoms with Gasteiger partial charge in [-0.05, 0) is 42.4 Å². The van der Waals surface area contributed by atoms with Crippen LogP contribution in [0.3, 0.4) is 0 Å². The molecule has 1 aliphatic carbocycles. The quantitative estimate of drug-likeness (QED) is 0.0599. The van der Waals surface area contributed by atoms with Crippen molar-refractivity contribution in [3.8, 4) is 23.5 Å². The SMILES string of the molecule is COc1cc(OCCO)c(F)c(C(Cc2ccc(C(=N)NC(=O)OCC(C)(C)C)cc2)c2nc(OCOC(=O)C3CCCCC3)n(-c3ncccn3)n2)c1. The highest BCUT2D eigenvalue weighted by molar-refractivity contribution is 6.04. The first kappa shape index (κ1) is 39.6. The lowest BCUT2D eigenvalue weighted by atomic mass is 9.89. The minimum atomic E-state index is -0.899. The smallest absolute Gasteiger partial charge is 0.412 e. The predicted octanol–water partition coefficient (Wildman–Crippen LogP) is 5.51. The Kier molecular flexibility index (Phi) is 13.5. The normalized spacial score (nSPS) is 13.8. The molecule has 0 saturated heterocycles. The van der Waals surface area contributed by atoms with Crippen molar-refractivity contribution in [1.29, 1.82) is 5.41 Å². The summed E-state index contributed by atoms with van der Waals surface area (Å²) in [5, 5.41) is 24.9. The third kappa shape index (κ3) is 10.7. The van der Waals surface area contributed by atoms with Gasteiger partial charge in [-0.3, -0.25) is 15.5 Å². The standard InChI is InChI=1S/C38H46FN7O8/c1-38(2,3)22-52-37(49)43-32(40)25-13-11-24(12-14-25)19-29(28-20-27(50-4)21-30(31(28)39)51-18-17-47)33-44-36(46(45-33)35-41-15-8-16-42-35)54-23-53-34(48)26-9-6-5-7-10-26/h8,11-16,20-21,26,29,47H,5-7,9-10,17-19,22-23H2,1-4H3,(H2,40,43,49). The molecule has 0 bridgehead atoms. The van der Waals surface area contributed by atoms with E-state index in [-0.39, 0.29) is 84.2 Å². The van der Waals surface area contributed by atoms with Gasteiger partial charge in [-0.1, -0.05) is 64.3 Å². The fourth-order valence-corrected chi connectivity index (χ4v) is 5.78. The van der Waals surface area contributed by atoms with Crippen molar-refractivity contribution in [3.05, 3.63) is 83.2 Å². The Morgan fingerprint density at radius 3 is 2.44 bits per heavy atom. The van der Waals surface area contributed by atoms with Crippen LogP contribution in [0.1, 0.15) is 81.3 Å². The zero-order valence-electron chi connectivity index (χ0n) is 30.8. The molecule has 1 fully saturated rings. The summed E-state index contributed by atoms with van der Waals surface area (Å²) in [6, 6.07) is 11.2. The number of methoxy groups -OCH3 is 1. The topological polar surface area (TPSA) is 193 Å². The zero-order valence-corrected chi connectivity index (χ0v) is 30.8. The van der Waals surface area contributed by atoms with Gasteiger partial charge in [-0.25, -0.2) is 19.2 Å². The van der Waals surface area contributed by atoms with E-state index < -0.39 is 24.6 Å². The minimum absolute atomic E-state index is 0.0917. The van der Waals surface area contributed by atoms with E-state index in [1.165, 1.54) is 36.3 Å². The van der Waals surface area contributed by atoms with Crippen molar-refractivity contribution < 1.29 is 42.8 Å². The molecule has 2 heterocycles. The highest BCUT2D eigenvalue weighted by atomic mass is 19.1. The number of carbonyl (C=O) groups is 2. The van der Waals surface area contributed by atoms with Gasteiger partial charge in [-0.15, -0.1) is 9.78 Å². The van der Waals surface area contributed by atoms with E-state index in [9.17, 15) is 14.7 Å². The Bertz CT molecular complexity index is 1880. The molecule has 1 aliphatic rings. The Morgan fingerprint density at radius 1 is 1.06 bits per heavy atom. The molecule has 0 aliphatic heterocycles. The van der Waals surface area contributed by atoms with Crippen LogP contribution in [-0.4, -0.2) is 81.5 Å². The molecule has 16 heteroatoms. The molecule has 1 unspecified atom stereocenters. The second kappa shape index (κ2) is 18.4. The average Bonchev–Trinajstić information content (AvgIpc) is 3.60. The highest BCUT2D eigenvalue weighted by Crippen LogP contribution is 2.37. The summed E-state index contributed by atoms with van der Waals surface area (Å²) < 4.78 is 45.2. The van der Waals surface area contributed by atoms with Crippen molar-refractivity contribution in [2.75, 3.05) is 33.7 Å². The van der Waals surface area contributed by atoms with Crippen molar-refractivity contribution in [3.63, 3.8) is 0 Å². The summed E-state index contributed by atoms with van der Waals surface area (Å²) in [6.07, 6.45) is 6.96. The van der Waals surface area contributed by atoms with Gasteiger partial charge < -0.3 is 28.8 Å². The molecule has 3 N–H and O–H groups in total. The van der Waals surface area contributed by atoms with Gasteiger partial charge in [-0.2, -0.15) is 4.98 Å². The Balaban J connectivity index is 1.47. The number of ether oxygens (including phenoxy) is 5. The molecular weight excluding hydrogens is 701 g/mol. The number of aliphatic hydroxyl groups is 1. The van der Waals surface area contributed by atoms with Crippen LogP contribution in [0.2, 0.25) is 0 Å². The highest BCUT2D eigenvalue weighted by Gasteiger charge is 2.30. The van der Waals surface area contributed by atoms with Gasteiger partial charge in [0, 0.05) is 29.6 Å². The molecule has 4 aromatic rings. The van der Waals surface area contributed by atoms with Crippen LogP contribution in [0.25, 0.3) is 5.95 Å². The lowest BCUT2D eigenvalue weighted by Crippen LogP contribution is -2.33. The molecule has 1 amide bonds. The van der Waals surface area contributed by atoms with E-state index in [4.69, 9.17) is 29.1 Å². The number of esters is 1.